The van der Waals surface area contributed by atoms with Crippen molar-refractivity contribution in [3.63, 3.8) is 0 Å². The van der Waals surface area contributed by atoms with Gasteiger partial charge in [-0.05, 0) is 30.3 Å². The highest BCUT2D eigenvalue weighted by atomic mass is 19.4. The third-order valence-electron chi connectivity index (χ3n) is 4.59. The summed E-state index contributed by atoms with van der Waals surface area (Å²) >= 11 is 0. The molecule has 0 aliphatic carbocycles. The molecule has 0 unspecified atom stereocenters. The van der Waals surface area contributed by atoms with E-state index in [0.717, 1.165) is 13.2 Å². The molecule has 7 heteroatoms. The highest BCUT2D eigenvalue weighted by molar-refractivity contribution is 6.08. The molecule has 1 heterocycles. The Morgan fingerprint density at radius 3 is 2.07 bits per heavy atom. The number of esters is 1. The topological polar surface area (TPSA) is 51.2 Å². The molecule has 0 spiro atoms. The second-order valence-electron chi connectivity index (χ2n) is 6.40. The molecule has 1 N–H and O–H groups in total. The lowest BCUT2D eigenvalue weighted by Crippen LogP contribution is -2.12. The maximum Gasteiger partial charge on any atom is 0.418 e. The van der Waals surface area contributed by atoms with Crippen molar-refractivity contribution < 1.29 is 22.7 Å². The lowest BCUT2D eigenvalue weighted by atomic mass is 10.0. The maximum absolute atomic E-state index is 13.7. The molecule has 0 aliphatic heterocycles. The largest absolute Gasteiger partial charge is 0.465 e. The number of halogens is 3. The van der Waals surface area contributed by atoms with Crippen molar-refractivity contribution in [3.8, 4) is 0 Å². The van der Waals surface area contributed by atoms with Gasteiger partial charge in [0.05, 0.1) is 40.6 Å². The molecule has 29 heavy (non-hydrogen) atoms. The number of carbonyl (C=O) groups excluding carboxylic acids is 1. The Bertz CT molecular complexity index is 1180. The van der Waals surface area contributed by atoms with Crippen LogP contribution in [0.25, 0.3) is 21.8 Å². The minimum absolute atomic E-state index is 0.161. The molecule has 4 aromatic rings. The normalized spacial score (nSPS) is 11.6. The third-order valence-corrected chi connectivity index (χ3v) is 4.59. The Balaban J connectivity index is 1.94. The Kier molecular flexibility index (Phi) is 4.58. The van der Waals surface area contributed by atoms with Crippen LogP contribution in [-0.4, -0.2) is 18.1 Å². The van der Waals surface area contributed by atoms with E-state index in [9.17, 15) is 18.0 Å². The van der Waals surface area contributed by atoms with Crippen LogP contribution in [0.2, 0.25) is 0 Å². The van der Waals surface area contributed by atoms with Gasteiger partial charge in [-0.15, -0.1) is 0 Å². The summed E-state index contributed by atoms with van der Waals surface area (Å²) < 4.78 is 45.7. The number of rotatable bonds is 3. The molecule has 146 valence electrons. The number of nitrogens with zero attached hydrogens (tertiary/aromatic N) is 1. The number of benzene rings is 3. The standard InChI is InChI=1S/C22H15F3N2O2/c1-29-21(28)13-10-11-19(16(12-13)22(23,24)25)27-20-14-6-2-4-8-17(14)26-18-9-5-3-7-15(18)20/h2-12H,1H3,(H,26,27). The first-order valence-electron chi connectivity index (χ1n) is 8.72. The number of para-hydroxylation sites is 2. The monoisotopic (exact) mass is 396 g/mol. The SMILES string of the molecule is COC(=O)c1ccc(Nc2c3ccccc3nc3ccccc23)c(C(F)(F)F)c1. The fourth-order valence-corrected chi connectivity index (χ4v) is 3.24. The second-order valence-corrected chi connectivity index (χ2v) is 6.40. The molecular weight excluding hydrogens is 381 g/mol. The minimum Gasteiger partial charge on any atom is -0.465 e. The molecule has 0 saturated heterocycles. The molecule has 4 nitrogen and oxygen atoms in total. The van der Waals surface area contributed by atoms with Crippen molar-refractivity contribution >= 4 is 39.1 Å². The Morgan fingerprint density at radius 2 is 1.52 bits per heavy atom. The van der Waals surface area contributed by atoms with Crippen LogP contribution in [0.4, 0.5) is 24.5 Å². The van der Waals surface area contributed by atoms with Crippen LogP contribution in [0.1, 0.15) is 15.9 Å². The zero-order chi connectivity index (χ0) is 20.6. The molecule has 0 saturated carbocycles. The van der Waals surface area contributed by atoms with E-state index in [0.29, 0.717) is 27.5 Å². The summed E-state index contributed by atoms with van der Waals surface area (Å²) in [4.78, 5) is 16.3. The molecule has 1 aromatic heterocycles. The summed E-state index contributed by atoms with van der Waals surface area (Å²) in [5.41, 5.74) is 0.552. The fourth-order valence-electron chi connectivity index (χ4n) is 3.24. The molecule has 3 aromatic carbocycles. The highest BCUT2D eigenvalue weighted by Gasteiger charge is 2.34. The Hall–Kier alpha value is -3.61. The number of nitrogens with one attached hydrogen (secondary N) is 1. The van der Waals surface area contributed by atoms with Gasteiger partial charge in [-0.25, -0.2) is 9.78 Å². The fraction of sp³-hybridized carbons (Fsp3) is 0.0909. The van der Waals surface area contributed by atoms with Crippen molar-refractivity contribution in [3.05, 3.63) is 77.9 Å². The van der Waals surface area contributed by atoms with Gasteiger partial charge in [-0.2, -0.15) is 13.2 Å². The van der Waals surface area contributed by atoms with Gasteiger partial charge in [0.2, 0.25) is 0 Å². The quantitative estimate of drug-likeness (QED) is 0.344. The third kappa shape index (κ3) is 3.47. The molecule has 4 rings (SSSR count). The molecule has 0 bridgehead atoms. The number of anilines is 2. The number of aromatic nitrogens is 1. The minimum atomic E-state index is -4.66. The van der Waals surface area contributed by atoms with Crippen LogP contribution < -0.4 is 5.32 Å². The van der Waals surface area contributed by atoms with E-state index in [4.69, 9.17) is 0 Å². The van der Waals surface area contributed by atoms with Crippen LogP contribution in [-0.2, 0) is 10.9 Å². The first-order valence-corrected chi connectivity index (χ1v) is 8.72. The zero-order valence-corrected chi connectivity index (χ0v) is 15.2. The molecule has 0 aliphatic rings. The van der Waals surface area contributed by atoms with E-state index in [1.165, 1.54) is 12.1 Å². The van der Waals surface area contributed by atoms with E-state index in [1.54, 1.807) is 36.4 Å². The van der Waals surface area contributed by atoms with E-state index >= 15 is 0 Å². The number of hydrogen-bond donors (Lipinski definition) is 1. The maximum atomic E-state index is 13.7. The number of carbonyl (C=O) groups is 1. The van der Waals surface area contributed by atoms with Crippen LogP contribution in [0.5, 0.6) is 0 Å². The van der Waals surface area contributed by atoms with E-state index in [1.807, 2.05) is 12.1 Å². The summed E-state index contributed by atoms with van der Waals surface area (Å²) in [7, 11) is 1.12. The van der Waals surface area contributed by atoms with Crippen LogP contribution >= 0.6 is 0 Å². The average molecular weight is 396 g/mol. The van der Waals surface area contributed by atoms with Crippen molar-refractivity contribution in [2.24, 2.45) is 0 Å². The molecule has 0 fully saturated rings. The first-order chi connectivity index (χ1) is 13.9. The molecular formula is C22H15F3N2O2. The van der Waals surface area contributed by atoms with E-state index in [2.05, 4.69) is 15.0 Å². The van der Waals surface area contributed by atoms with Gasteiger partial charge in [-0.3, -0.25) is 0 Å². The number of hydrogen-bond acceptors (Lipinski definition) is 4. The van der Waals surface area contributed by atoms with Gasteiger partial charge in [0, 0.05) is 10.8 Å². The predicted octanol–water partition coefficient (Wildman–Crippen LogP) is 5.94. The molecule has 0 atom stereocenters. The lowest BCUT2D eigenvalue weighted by Gasteiger charge is -2.18. The van der Waals surface area contributed by atoms with Crippen LogP contribution in [0.3, 0.4) is 0 Å². The van der Waals surface area contributed by atoms with E-state index < -0.39 is 17.7 Å². The number of ether oxygens (including phenoxy) is 1. The average Bonchev–Trinajstić information content (AvgIpc) is 2.72. The Labute approximate surface area is 163 Å². The lowest BCUT2D eigenvalue weighted by molar-refractivity contribution is -0.136. The van der Waals surface area contributed by atoms with Crippen molar-refractivity contribution in [2.45, 2.75) is 6.18 Å². The number of fused-ring (bicyclic) bond motifs is 2. The second kappa shape index (κ2) is 7.09. The van der Waals surface area contributed by atoms with Crippen LogP contribution in [0, 0.1) is 0 Å². The number of methoxy groups -OCH3 is 1. The predicted molar refractivity (Wildman–Crippen MR) is 105 cm³/mol. The summed E-state index contributed by atoms with van der Waals surface area (Å²) in [6.07, 6.45) is -4.66. The summed E-state index contributed by atoms with van der Waals surface area (Å²) in [5.74, 6) is -0.832. The van der Waals surface area contributed by atoms with Gasteiger partial charge in [0.25, 0.3) is 0 Å². The highest BCUT2D eigenvalue weighted by Crippen LogP contribution is 2.39. The van der Waals surface area contributed by atoms with Gasteiger partial charge in [0.1, 0.15) is 0 Å². The first kappa shape index (κ1) is 18.7. The zero-order valence-electron chi connectivity index (χ0n) is 15.2. The van der Waals surface area contributed by atoms with Crippen LogP contribution in [0.15, 0.2) is 66.7 Å². The summed E-state index contributed by atoms with van der Waals surface area (Å²) in [6.45, 7) is 0. The van der Waals surface area contributed by atoms with Crippen molar-refractivity contribution in [1.82, 2.24) is 4.98 Å². The van der Waals surface area contributed by atoms with Gasteiger partial charge in [0.15, 0.2) is 0 Å². The number of pyridine rings is 1. The smallest absolute Gasteiger partial charge is 0.418 e. The van der Waals surface area contributed by atoms with Crippen molar-refractivity contribution in [1.29, 1.82) is 0 Å². The van der Waals surface area contributed by atoms with Gasteiger partial charge in [-0.1, -0.05) is 36.4 Å². The summed E-state index contributed by atoms with van der Waals surface area (Å²) in [5, 5.41) is 4.32. The number of alkyl halides is 3. The molecule has 0 radical (unpaired) electrons. The van der Waals surface area contributed by atoms with Crippen molar-refractivity contribution in [2.75, 3.05) is 12.4 Å². The molecule has 0 amide bonds. The van der Waals surface area contributed by atoms with Gasteiger partial charge >= 0.3 is 12.1 Å². The van der Waals surface area contributed by atoms with Gasteiger partial charge < -0.3 is 10.1 Å². The van der Waals surface area contributed by atoms with E-state index in [-0.39, 0.29) is 11.3 Å². The Morgan fingerprint density at radius 1 is 0.931 bits per heavy atom. The summed E-state index contributed by atoms with van der Waals surface area (Å²) in [6, 6.07) is 17.8.